The molecule has 0 N–H and O–H groups in total. The minimum atomic E-state index is -1.16. The summed E-state index contributed by atoms with van der Waals surface area (Å²) in [5.74, 6) is -2.50. The van der Waals surface area contributed by atoms with Gasteiger partial charge in [0, 0.05) is 32.6 Å². The van der Waals surface area contributed by atoms with Crippen LogP contribution in [0.4, 0.5) is 0 Å². The van der Waals surface area contributed by atoms with Gasteiger partial charge in [0.2, 0.25) is 0 Å². The predicted octanol–water partition coefficient (Wildman–Crippen LogP) is 2.51. The zero-order valence-corrected chi connectivity index (χ0v) is 19.1. The molecule has 1 fully saturated rings. The van der Waals surface area contributed by atoms with Crippen LogP contribution in [0.1, 0.15) is 27.7 Å². The van der Waals surface area contributed by atoms with E-state index in [2.05, 4.69) is 0 Å². The molecule has 0 spiro atoms. The molecule has 0 amide bonds. The van der Waals surface area contributed by atoms with Crippen molar-refractivity contribution < 1.29 is 42.9 Å². The lowest BCUT2D eigenvalue weighted by molar-refractivity contribution is -0.237. The second-order valence-corrected chi connectivity index (χ2v) is 8.93. The van der Waals surface area contributed by atoms with Crippen molar-refractivity contribution in [3.63, 3.8) is 0 Å². The lowest BCUT2D eigenvalue weighted by atomic mass is 9.99. The lowest BCUT2D eigenvalue weighted by Gasteiger charge is -2.43. The molecule has 9 nitrogen and oxygen atoms in total. The molecule has 1 aliphatic rings. The highest BCUT2D eigenvalue weighted by atomic mass is 33.1. The Bertz CT molecular complexity index is 786. The highest BCUT2D eigenvalue weighted by molar-refractivity contribution is 8.76. The fourth-order valence-corrected chi connectivity index (χ4v) is 5.24. The summed E-state index contributed by atoms with van der Waals surface area (Å²) >= 11 is 0. The summed E-state index contributed by atoms with van der Waals surface area (Å²) in [7, 11) is 2.60. The predicted molar refractivity (Wildman–Crippen MR) is 112 cm³/mol. The van der Waals surface area contributed by atoms with Crippen molar-refractivity contribution in [2.24, 2.45) is 0 Å². The van der Waals surface area contributed by atoms with E-state index in [0.29, 0.717) is 0 Å². The van der Waals surface area contributed by atoms with Crippen LogP contribution in [0.15, 0.2) is 35.2 Å². The van der Waals surface area contributed by atoms with Gasteiger partial charge >= 0.3 is 23.9 Å². The number of rotatable bonds is 8. The molecule has 1 heterocycles. The van der Waals surface area contributed by atoms with Gasteiger partial charge in [-0.25, -0.2) is 0 Å². The van der Waals surface area contributed by atoms with Gasteiger partial charge < -0.3 is 23.7 Å². The molecule has 11 heteroatoms. The Labute approximate surface area is 187 Å². The van der Waals surface area contributed by atoms with Gasteiger partial charge in [0.05, 0.1) is 0 Å². The Morgan fingerprint density at radius 3 is 1.90 bits per heavy atom. The van der Waals surface area contributed by atoms with Gasteiger partial charge in [-0.3, -0.25) is 19.2 Å². The van der Waals surface area contributed by atoms with Crippen molar-refractivity contribution in [3.05, 3.63) is 30.3 Å². The largest absolute Gasteiger partial charge is 0.463 e. The zero-order chi connectivity index (χ0) is 23.0. The van der Waals surface area contributed by atoms with Crippen LogP contribution < -0.4 is 0 Å². The van der Waals surface area contributed by atoms with Crippen molar-refractivity contribution in [2.75, 3.05) is 6.61 Å². The van der Waals surface area contributed by atoms with Gasteiger partial charge in [-0.05, 0) is 12.1 Å². The summed E-state index contributed by atoms with van der Waals surface area (Å²) in [5, 5.41) is 0. The third-order valence-electron chi connectivity index (χ3n) is 3.93. The number of benzene rings is 1. The fourth-order valence-electron chi connectivity index (χ4n) is 2.85. The van der Waals surface area contributed by atoms with E-state index in [1.54, 1.807) is 0 Å². The summed E-state index contributed by atoms with van der Waals surface area (Å²) in [6.45, 7) is 4.56. The fraction of sp³-hybridized carbons (Fsp3) is 0.500. The Morgan fingerprint density at radius 1 is 0.806 bits per heavy atom. The molecule has 1 saturated heterocycles. The number of hydrogen-bond donors (Lipinski definition) is 0. The minimum absolute atomic E-state index is 0.245. The topological polar surface area (TPSA) is 114 Å². The van der Waals surface area contributed by atoms with Crippen molar-refractivity contribution in [2.45, 2.75) is 62.4 Å². The van der Waals surface area contributed by atoms with Crippen molar-refractivity contribution in [1.29, 1.82) is 0 Å². The smallest absolute Gasteiger partial charge is 0.303 e. The van der Waals surface area contributed by atoms with Crippen LogP contribution in [0.25, 0.3) is 0 Å². The molecular weight excluding hydrogens is 448 g/mol. The average Bonchev–Trinajstić information content (AvgIpc) is 2.68. The quantitative estimate of drug-likeness (QED) is 0.316. The normalized spacial score (nSPS) is 25.2. The summed E-state index contributed by atoms with van der Waals surface area (Å²) < 4.78 is 27.2. The third-order valence-corrected chi connectivity index (χ3v) is 6.50. The standard InChI is InChI=1S/C20H24O9S2/c1-11(21)25-10-16-17(26-12(2)22)18(27-13(3)23)19(28-14(4)24)20(29-16)31-30-15-8-6-5-7-9-15/h5-9,16-20H,10H2,1-4H3. The molecule has 5 atom stereocenters. The van der Waals surface area contributed by atoms with Gasteiger partial charge in [-0.2, -0.15) is 0 Å². The van der Waals surface area contributed by atoms with Gasteiger partial charge in [0.1, 0.15) is 12.7 Å². The second-order valence-electron chi connectivity index (χ2n) is 6.56. The highest BCUT2D eigenvalue weighted by Gasteiger charge is 2.52. The molecule has 5 unspecified atom stereocenters. The van der Waals surface area contributed by atoms with Crippen LogP contribution in [0.2, 0.25) is 0 Å². The molecular formula is C20H24O9S2. The first-order valence-corrected chi connectivity index (χ1v) is 11.6. The molecule has 0 radical (unpaired) electrons. The Kier molecular flexibility index (Phi) is 9.66. The summed E-state index contributed by atoms with van der Waals surface area (Å²) in [6, 6.07) is 9.40. The van der Waals surface area contributed by atoms with Crippen LogP contribution in [0.5, 0.6) is 0 Å². The van der Waals surface area contributed by atoms with Crippen LogP contribution in [-0.2, 0) is 42.9 Å². The summed E-state index contributed by atoms with van der Waals surface area (Å²) in [4.78, 5) is 47.5. The maximum Gasteiger partial charge on any atom is 0.303 e. The molecule has 1 aliphatic heterocycles. The lowest BCUT2D eigenvalue weighted by Crippen LogP contribution is -2.61. The zero-order valence-electron chi connectivity index (χ0n) is 17.5. The first-order valence-electron chi connectivity index (χ1n) is 9.36. The molecule has 0 aromatic heterocycles. The van der Waals surface area contributed by atoms with Crippen molar-refractivity contribution in [1.82, 2.24) is 0 Å². The molecule has 0 saturated carbocycles. The maximum atomic E-state index is 11.8. The second kappa shape index (κ2) is 12.0. The molecule has 31 heavy (non-hydrogen) atoms. The average molecular weight is 473 g/mol. The van der Waals surface area contributed by atoms with E-state index in [-0.39, 0.29) is 6.61 Å². The molecule has 2 rings (SSSR count). The maximum absolute atomic E-state index is 11.8. The van der Waals surface area contributed by atoms with Crippen molar-refractivity contribution in [3.8, 4) is 0 Å². The van der Waals surface area contributed by atoms with Gasteiger partial charge in [-0.1, -0.05) is 39.8 Å². The number of hydrogen-bond acceptors (Lipinski definition) is 11. The van der Waals surface area contributed by atoms with E-state index >= 15 is 0 Å². The van der Waals surface area contributed by atoms with Crippen LogP contribution >= 0.6 is 21.6 Å². The third kappa shape index (κ3) is 8.08. The number of ether oxygens (including phenoxy) is 5. The first-order chi connectivity index (χ1) is 14.7. The highest BCUT2D eigenvalue weighted by Crippen LogP contribution is 2.42. The summed E-state index contributed by atoms with van der Waals surface area (Å²) in [6.07, 6.45) is -4.32. The molecule has 1 aromatic rings. The first kappa shape index (κ1) is 25.0. The molecule has 0 bridgehead atoms. The molecule has 0 aliphatic carbocycles. The monoisotopic (exact) mass is 472 g/mol. The summed E-state index contributed by atoms with van der Waals surface area (Å²) in [5.41, 5.74) is -0.814. The Morgan fingerprint density at radius 2 is 1.35 bits per heavy atom. The van der Waals surface area contributed by atoms with Crippen LogP contribution in [0.3, 0.4) is 0 Å². The minimum Gasteiger partial charge on any atom is -0.463 e. The van der Waals surface area contributed by atoms with E-state index in [4.69, 9.17) is 23.7 Å². The Hall–Kier alpha value is -2.24. The van der Waals surface area contributed by atoms with E-state index in [1.807, 2.05) is 30.3 Å². The van der Waals surface area contributed by atoms with E-state index in [9.17, 15) is 19.2 Å². The number of esters is 4. The van der Waals surface area contributed by atoms with E-state index < -0.39 is 53.7 Å². The van der Waals surface area contributed by atoms with Gasteiger partial charge in [-0.15, -0.1) is 0 Å². The number of carbonyl (C=O) groups is 4. The number of carbonyl (C=O) groups excluding carboxylic acids is 4. The van der Waals surface area contributed by atoms with E-state index in [0.717, 1.165) is 4.90 Å². The van der Waals surface area contributed by atoms with Crippen molar-refractivity contribution >= 4 is 45.5 Å². The van der Waals surface area contributed by atoms with Crippen LogP contribution in [-0.4, -0.2) is 60.3 Å². The molecule has 1 aromatic carbocycles. The van der Waals surface area contributed by atoms with E-state index in [1.165, 1.54) is 49.3 Å². The molecule has 170 valence electrons. The van der Waals surface area contributed by atoms with Crippen LogP contribution in [0, 0.1) is 0 Å². The Balaban J connectivity index is 2.35. The van der Waals surface area contributed by atoms with Gasteiger partial charge in [0.15, 0.2) is 23.7 Å². The van der Waals surface area contributed by atoms with Gasteiger partial charge in [0.25, 0.3) is 0 Å². The SMILES string of the molecule is CC(=O)OCC1OC(SSc2ccccc2)C(OC(C)=O)C(OC(C)=O)C1OC(C)=O.